The van der Waals surface area contributed by atoms with E-state index in [1.54, 1.807) is 19.1 Å². The van der Waals surface area contributed by atoms with Gasteiger partial charge in [0, 0.05) is 24.1 Å². The number of imidazole rings is 1. The molecule has 0 atom stereocenters. The van der Waals surface area contributed by atoms with E-state index in [4.69, 9.17) is 0 Å². The first-order valence-corrected chi connectivity index (χ1v) is 7.86. The Morgan fingerprint density at radius 2 is 1.68 bits per heavy atom. The van der Waals surface area contributed by atoms with Crippen LogP contribution in [0.4, 0.5) is 18.9 Å². The molecular formula is C19H18F3N3. The third kappa shape index (κ3) is 3.84. The highest BCUT2D eigenvalue weighted by Gasteiger charge is 2.34. The number of aromatic nitrogens is 2. The number of anilines is 1. The van der Waals surface area contributed by atoms with Crippen molar-refractivity contribution in [3.8, 4) is 5.69 Å². The van der Waals surface area contributed by atoms with Crippen LogP contribution in [0, 0.1) is 13.8 Å². The van der Waals surface area contributed by atoms with Gasteiger partial charge in [0.05, 0.1) is 0 Å². The summed E-state index contributed by atoms with van der Waals surface area (Å²) >= 11 is 0. The first-order chi connectivity index (χ1) is 11.8. The van der Waals surface area contributed by atoms with Crippen molar-refractivity contribution in [2.75, 3.05) is 5.32 Å². The zero-order valence-electron chi connectivity index (χ0n) is 13.9. The van der Waals surface area contributed by atoms with Gasteiger partial charge in [-0.2, -0.15) is 13.2 Å². The van der Waals surface area contributed by atoms with E-state index >= 15 is 0 Å². The molecule has 0 unspecified atom stereocenters. The van der Waals surface area contributed by atoms with Gasteiger partial charge in [-0.3, -0.25) is 0 Å². The van der Waals surface area contributed by atoms with Gasteiger partial charge < -0.3 is 9.88 Å². The highest BCUT2D eigenvalue weighted by Crippen LogP contribution is 2.29. The lowest BCUT2D eigenvalue weighted by Gasteiger charge is -2.10. The predicted octanol–water partition coefficient (Wildman–Crippen LogP) is 5.12. The minimum atomic E-state index is -4.44. The second-order valence-electron chi connectivity index (χ2n) is 5.87. The van der Waals surface area contributed by atoms with E-state index in [-0.39, 0.29) is 0 Å². The Morgan fingerprint density at radius 1 is 1.00 bits per heavy atom. The number of alkyl halides is 3. The van der Waals surface area contributed by atoms with Crippen LogP contribution < -0.4 is 5.32 Å². The summed E-state index contributed by atoms with van der Waals surface area (Å²) in [6.45, 7) is 4.30. The molecule has 3 rings (SSSR count). The van der Waals surface area contributed by atoms with Crippen molar-refractivity contribution in [1.29, 1.82) is 0 Å². The second-order valence-corrected chi connectivity index (χ2v) is 5.87. The van der Waals surface area contributed by atoms with E-state index in [0.29, 0.717) is 18.1 Å². The minimum Gasteiger partial charge on any atom is -0.381 e. The van der Waals surface area contributed by atoms with Gasteiger partial charge in [0.25, 0.3) is 0 Å². The number of nitrogens with zero attached hydrogens (tertiary/aromatic N) is 2. The Labute approximate surface area is 144 Å². The fourth-order valence-electron chi connectivity index (χ4n) is 2.62. The summed E-state index contributed by atoms with van der Waals surface area (Å²) in [6, 6.07) is 15.3. The summed E-state index contributed by atoms with van der Waals surface area (Å²) in [5, 5.41) is 3.32. The van der Waals surface area contributed by atoms with Crippen LogP contribution in [-0.4, -0.2) is 9.55 Å². The third-order valence-corrected chi connectivity index (χ3v) is 4.06. The highest BCUT2D eigenvalue weighted by atomic mass is 19.4. The Morgan fingerprint density at radius 3 is 2.28 bits per heavy atom. The number of halogens is 3. The maximum absolute atomic E-state index is 12.8. The van der Waals surface area contributed by atoms with Gasteiger partial charge in [0.15, 0.2) is 5.69 Å². The van der Waals surface area contributed by atoms with Crippen LogP contribution in [0.15, 0.2) is 54.7 Å². The number of hydrogen-bond donors (Lipinski definition) is 1. The van der Waals surface area contributed by atoms with Crippen molar-refractivity contribution in [2.45, 2.75) is 26.6 Å². The fourth-order valence-corrected chi connectivity index (χ4v) is 2.62. The molecule has 1 aromatic heterocycles. The molecule has 0 saturated carbocycles. The highest BCUT2D eigenvalue weighted by molar-refractivity contribution is 5.50. The van der Waals surface area contributed by atoms with Crippen LogP contribution in [0.2, 0.25) is 0 Å². The van der Waals surface area contributed by atoms with Crippen LogP contribution in [0.1, 0.15) is 22.6 Å². The zero-order valence-corrected chi connectivity index (χ0v) is 13.9. The molecule has 0 radical (unpaired) electrons. The molecule has 130 valence electrons. The van der Waals surface area contributed by atoms with Gasteiger partial charge in [0.2, 0.25) is 0 Å². The maximum atomic E-state index is 12.8. The van der Waals surface area contributed by atoms with Gasteiger partial charge in [-0.25, -0.2) is 4.98 Å². The van der Waals surface area contributed by atoms with Gasteiger partial charge >= 0.3 is 6.18 Å². The molecule has 0 saturated heterocycles. The molecule has 2 aromatic carbocycles. The summed E-state index contributed by atoms with van der Waals surface area (Å²) in [5.41, 5.74) is 3.07. The number of rotatable bonds is 4. The van der Waals surface area contributed by atoms with E-state index in [2.05, 4.69) is 29.4 Å². The van der Waals surface area contributed by atoms with E-state index in [1.165, 1.54) is 15.7 Å². The van der Waals surface area contributed by atoms with E-state index in [0.717, 1.165) is 11.9 Å². The number of nitrogens with one attached hydrogen (secondary N) is 1. The maximum Gasteiger partial charge on any atom is 0.434 e. The molecule has 3 aromatic rings. The van der Waals surface area contributed by atoms with Gasteiger partial charge in [-0.15, -0.1) is 0 Å². The summed E-state index contributed by atoms with van der Waals surface area (Å²) < 4.78 is 39.7. The van der Waals surface area contributed by atoms with Gasteiger partial charge in [0.1, 0.15) is 5.82 Å². The summed E-state index contributed by atoms with van der Waals surface area (Å²) in [4.78, 5) is 3.59. The first kappa shape index (κ1) is 17.1. The molecule has 25 heavy (non-hydrogen) atoms. The van der Waals surface area contributed by atoms with Crippen molar-refractivity contribution in [3.05, 3.63) is 77.4 Å². The quantitative estimate of drug-likeness (QED) is 0.711. The summed E-state index contributed by atoms with van der Waals surface area (Å²) in [6.07, 6.45) is -3.42. The Kier molecular flexibility index (Phi) is 4.53. The first-order valence-electron chi connectivity index (χ1n) is 7.86. The lowest BCUT2D eigenvalue weighted by Crippen LogP contribution is -2.05. The molecular weight excluding hydrogens is 327 g/mol. The van der Waals surface area contributed by atoms with Crippen molar-refractivity contribution in [2.24, 2.45) is 0 Å². The lowest BCUT2D eigenvalue weighted by molar-refractivity contribution is -0.141. The molecule has 3 nitrogen and oxygen atoms in total. The molecule has 1 N–H and O–H groups in total. The molecule has 0 aliphatic rings. The Hall–Kier alpha value is -2.76. The average Bonchev–Trinajstić information content (AvgIpc) is 2.97. The molecule has 1 heterocycles. The van der Waals surface area contributed by atoms with Crippen LogP contribution in [-0.2, 0) is 12.7 Å². The molecule has 0 spiro atoms. The summed E-state index contributed by atoms with van der Waals surface area (Å²) in [5.74, 6) is 0.299. The van der Waals surface area contributed by atoms with Crippen molar-refractivity contribution in [1.82, 2.24) is 9.55 Å². The standard InChI is InChI=1S/C19H18F3N3/c1-13-5-3-4-6-15(13)11-23-16-7-9-17(10-8-16)25-12-18(19(20,21)22)24-14(25)2/h3-10,12,23H,11H2,1-2H3. The minimum absolute atomic E-state index is 0.299. The van der Waals surface area contributed by atoms with Gasteiger partial charge in [-0.05, 0) is 49.2 Å². The normalized spacial score (nSPS) is 11.6. The summed E-state index contributed by atoms with van der Waals surface area (Å²) in [7, 11) is 0. The molecule has 0 aliphatic carbocycles. The van der Waals surface area contributed by atoms with Crippen molar-refractivity contribution in [3.63, 3.8) is 0 Å². The Balaban J connectivity index is 1.75. The predicted molar refractivity (Wildman–Crippen MR) is 91.8 cm³/mol. The van der Waals surface area contributed by atoms with Crippen LogP contribution in [0.5, 0.6) is 0 Å². The molecule has 0 amide bonds. The van der Waals surface area contributed by atoms with Crippen molar-refractivity contribution < 1.29 is 13.2 Å². The van der Waals surface area contributed by atoms with Crippen LogP contribution in [0.25, 0.3) is 5.69 Å². The van der Waals surface area contributed by atoms with Crippen LogP contribution in [0.3, 0.4) is 0 Å². The molecule has 0 fully saturated rings. The van der Waals surface area contributed by atoms with Crippen molar-refractivity contribution >= 4 is 5.69 Å². The molecule has 0 aliphatic heterocycles. The largest absolute Gasteiger partial charge is 0.434 e. The molecule has 0 bridgehead atoms. The third-order valence-electron chi connectivity index (χ3n) is 4.06. The van der Waals surface area contributed by atoms with E-state index in [9.17, 15) is 13.2 Å². The smallest absolute Gasteiger partial charge is 0.381 e. The monoisotopic (exact) mass is 345 g/mol. The second kappa shape index (κ2) is 6.63. The topological polar surface area (TPSA) is 29.9 Å². The van der Waals surface area contributed by atoms with Crippen LogP contribution >= 0.6 is 0 Å². The van der Waals surface area contributed by atoms with E-state index in [1.807, 2.05) is 24.3 Å². The average molecular weight is 345 g/mol. The van der Waals surface area contributed by atoms with E-state index < -0.39 is 11.9 Å². The zero-order chi connectivity index (χ0) is 18.0. The van der Waals surface area contributed by atoms with Gasteiger partial charge in [-0.1, -0.05) is 24.3 Å². The SMILES string of the molecule is Cc1ccccc1CNc1ccc(-n2cc(C(F)(F)F)nc2C)cc1. The number of hydrogen-bond acceptors (Lipinski definition) is 2. The Bertz CT molecular complexity index is 864. The molecule has 6 heteroatoms. The lowest BCUT2D eigenvalue weighted by atomic mass is 10.1. The number of aryl methyl sites for hydroxylation is 2. The number of benzene rings is 2. The fraction of sp³-hybridized carbons (Fsp3) is 0.211.